The van der Waals surface area contributed by atoms with Crippen LogP contribution in [0, 0.1) is 17.8 Å². The fourth-order valence-electron chi connectivity index (χ4n) is 11.7. The summed E-state index contributed by atoms with van der Waals surface area (Å²) < 4.78 is 0. The van der Waals surface area contributed by atoms with Crippen LogP contribution in [0.3, 0.4) is 0 Å². The van der Waals surface area contributed by atoms with Crippen molar-refractivity contribution in [2.75, 3.05) is 32.8 Å². The quantitative estimate of drug-likeness (QED) is 0.0252. The van der Waals surface area contributed by atoms with Gasteiger partial charge < -0.3 is 139 Å². The Balaban J connectivity index is 7.25. The number of hydrogen-bond acceptors (Lipinski definition) is 26. The van der Waals surface area contributed by atoms with Gasteiger partial charge in [0.25, 0.3) is 0 Å². The maximum absolute atomic E-state index is 14.6. The van der Waals surface area contributed by atoms with Crippen molar-refractivity contribution in [3.05, 3.63) is 0 Å². The third-order valence-electron chi connectivity index (χ3n) is 18.3. The minimum absolute atomic E-state index is 0.00118. The molecule has 682 valence electrons. The lowest BCUT2D eigenvalue weighted by Gasteiger charge is -2.28. The van der Waals surface area contributed by atoms with Gasteiger partial charge in [-0.15, -0.1) is 0 Å². The van der Waals surface area contributed by atoms with Gasteiger partial charge in [0.2, 0.25) is 88.6 Å². The molecule has 15 atom stereocenters. The molecule has 15 amide bonds. The zero-order valence-corrected chi connectivity index (χ0v) is 69.5. The van der Waals surface area contributed by atoms with Crippen molar-refractivity contribution < 1.29 is 127 Å². The number of nitrogens with one attached hydrogen (secondary N) is 14. The van der Waals surface area contributed by atoms with Crippen LogP contribution in [-0.2, 0) is 95.9 Å². The number of aliphatic hydroxyl groups excluding tert-OH is 1. The van der Waals surface area contributed by atoms with E-state index in [0.29, 0.717) is 12.8 Å². The Bertz CT molecular complexity index is 3420. The van der Waals surface area contributed by atoms with Crippen LogP contribution in [0.15, 0.2) is 0 Å². The number of nitrogens with two attached hydrogens (primary N) is 6. The molecule has 0 aromatic carbocycles. The van der Waals surface area contributed by atoms with Crippen molar-refractivity contribution in [1.82, 2.24) is 74.4 Å². The summed E-state index contributed by atoms with van der Waals surface area (Å²) in [5, 5.41) is 91.5. The predicted molar refractivity (Wildman–Crippen MR) is 428 cm³/mol. The SMILES string of the molecule is CC(C)C[C@H](NC(=O)[C@H](C)NC(=O)[C@H](CC(=O)O)NC(=O)[C@H](CCC(=O)O)NC(=O)[C@H](CCCCN)NC(=O)[C@H](CCCCN)NC(=O)[C@H](CCCCN)NC(=O)[C@H](CCCCN)NC(=O)[C@H](C)NC(=O)[C@H](CCC(=O)O)NC(=O)[C@H](CCC(=O)O)NC(=O)[C@H](CC(C)C)NC(=O)[C@H](CC(N)=O)NC(=O)[C@H](CO)NC(=O)[C@@H](N)CC(C)C)C(=O)O. The van der Waals surface area contributed by atoms with Gasteiger partial charge in [-0.25, -0.2) is 4.79 Å². The zero-order chi connectivity index (χ0) is 91.6. The first-order valence-electron chi connectivity index (χ1n) is 40.1. The molecule has 0 heterocycles. The smallest absolute Gasteiger partial charge is 0.326 e. The van der Waals surface area contributed by atoms with Crippen LogP contribution in [0.4, 0.5) is 0 Å². The molecule has 46 heteroatoms. The number of aliphatic carboxylic acids is 5. The van der Waals surface area contributed by atoms with Crippen LogP contribution in [0.1, 0.15) is 203 Å². The molecule has 0 unspecified atom stereocenters. The Hall–Kier alpha value is -10.8. The molecule has 0 fully saturated rings. The Morgan fingerprint density at radius 1 is 0.258 bits per heavy atom. The fourth-order valence-corrected chi connectivity index (χ4v) is 11.7. The average molecular weight is 1720 g/mol. The van der Waals surface area contributed by atoms with Gasteiger partial charge in [0.05, 0.1) is 25.5 Å². The van der Waals surface area contributed by atoms with Crippen LogP contribution in [0.2, 0.25) is 0 Å². The number of carbonyl (C=O) groups excluding carboxylic acids is 15. The minimum Gasteiger partial charge on any atom is -0.481 e. The molecule has 0 aliphatic heterocycles. The van der Waals surface area contributed by atoms with Crippen molar-refractivity contribution in [2.45, 2.75) is 294 Å². The average Bonchev–Trinajstić information content (AvgIpc) is 0.848. The normalized spacial score (nSPS) is 14.9. The number of carbonyl (C=O) groups is 20. The van der Waals surface area contributed by atoms with E-state index in [-0.39, 0.29) is 121 Å². The van der Waals surface area contributed by atoms with Crippen molar-refractivity contribution in [3.63, 3.8) is 0 Å². The molecule has 0 bridgehead atoms. The molecule has 46 nitrogen and oxygen atoms in total. The summed E-state index contributed by atoms with van der Waals surface area (Å²) in [4.78, 5) is 267. The molecule has 0 aliphatic carbocycles. The summed E-state index contributed by atoms with van der Waals surface area (Å²) in [5.74, 6) is -24.8. The van der Waals surface area contributed by atoms with E-state index in [4.69, 9.17) is 34.4 Å². The van der Waals surface area contributed by atoms with Crippen molar-refractivity contribution in [1.29, 1.82) is 0 Å². The van der Waals surface area contributed by atoms with Crippen LogP contribution in [0.5, 0.6) is 0 Å². The molecule has 0 aromatic heterocycles. The number of aliphatic hydroxyl groups is 1. The molecule has 0 saturated heterocycles. The molecule has 0 spiro atoms. The third-order valence-corrected chi connectivity index (χ3v) is 18.3. The molecule has 32 N–H and O–H groups in total. The van der Waals surface area contributed by atoms with E-state index in [1.807, 2.05) is 0 Å². The van der Waals surface area contributed by atoms with Crippen LogP contribution in [0.25, 0.3) is 0 Å². The zero-order valence-electron chi connectivity index (χ0n) is 69.5. The van der Waals surface area contributed by atoms with Gasteiger partial charge in [0, 0.05) is 19.3 Å². The molecule has 120 heavy (non-hydrogen) atoms. The van der Waals surface area contributed by atoms with Crippen LogP contribution >= 0.6 is 0 Å². The molecule has 0 aromatic rings. The van der Waals surface area contributed by atoms with E-state index in [2.05, 4.69) is 74.4 Å². The summed E-state index contributed by atoms with van der Waals surface area (Å²) in [6.07, 6.45) is -5.43. The Labute approximate surface area is 695 Å². The number of unbranched alkanes of at least 4 members (excludes halogenated alkanes) is 4. The molecule has 0 aliphatic rings. The van der Waals surface area contributed by atoms with Gasteiger partial charge in [-0.1, -0.05) is 41.5 Å². The molecular formula is C74H130N20O26. The minimum atomic E-state index is -1.99. The van der Waals surface area contributed by atoms with E-state index >= 15 is 0 Å². The maximum atomic E-state index is 14.6. The second-order valence-corrected chi connectivity index (χ2v) is 30.4. The summed E-state index contributed by atoms with van der Waals surface area (Å²) in [6, 6.07) is -24.6. The van der Waals surface area contributed by atoms with Gasteiger partial charge in [-0.05, 0) is 173 Å². The van der Waals surface area contributed by atoms with Gasteiger partial charge in [-0.3, -0.25) is 91.1 Å². The lowest BCUT2D eigenvalue weighted by atomic mass is 10.0. The third kappa shape index (κ3) is 45.9. The maximum Gasteiger partial charge on any atom is 0.326 e. The summed E-state index contributed by atoms with van der Waals surface area (Å²) in [6.45, 7) is 11.9. The lowest BCUT2D eigenvalue weighted by molar-refractivity contribution is -0.143. The second-order valence-electron chi connectivity index (χ2n) is 30.4. The van der Waals surface area contributed by atoms with E-state index in [0.717, 1.165) is 13.8 Å². The van der Waals surface area contributed by atoms with E-state index in [1.165, 1.54) is 0 Å². The highest BCUT2D eigenvalue weighted by atomic mass is 16.4. The molecule has 0 radical (unpaired) electrons. The largest absolute Gasteiger partial charge is 0.481 e. The number of rotatable bonds is 65. The molecule has 0 rings (SSSR count). The summed E-state index contributed by atoms with van der Waals surface area (Å²) in [7, 11) is 0. The molecule has 0 saturated carbocycles. The lowest BCUT2D eigenvalue weighted by Crippen LogP contribution is -2.61. The number of carboxylic acids is 5. The highest BCUT2D eigenvalue weighted by molar-refractivity contribution is 6.01. The number of primary amides is 1. The Morgan fingerprint density at radius 3 is 0.775 bits per heavy atom. The van der Waals surface area contributed by atoms with Gasteiger partial charge >= 0.3 is 29.8 Å². The van der Waals surface area contributed by atoms with E-state index in [1.54, 1.807) is 41.5 Å². The highest BCUT2D eigenvalue weighted by Gasteiger charge is 2.39. The van der Waals surface area contributed by atoms with Crippen molar-refractivity contribution in [3.8, 4) is 0 Å². The summed E-state index contributed by atoms with van der Waals surface area (Å²) >= 11 is 0. The summed E-state index contributed by atoms with van der Waals surface area (Å²) in [5.41, 5.74) is 34.5. The monoisotopic (exact) mass is 1710 g/mol. The standard InChI is InChI=1S/C74H130N20O26/c1-37(2)31-42(79)62(107)94-54(36-95)73(118)91-51(34-55(80)96)72(117)90-50(32-38(3)4)71(116)89-48(22-25-57(99)100)68(113)87-47(21-24-56(97)98)63(108)81-40(7)60(105)83-43(17-9-13-27-75)64(109)84-44(18-10-14-28-76)65(110)85-45(19-11-15-29-77)66(111)86-46(20-12-16-30-78)67(112)88-49(23-26-58(101)102)69(114)92-52(35-59(103)104)70(115)82-41(8)61(106)93-53(74(119)120)33-39(5)6/h37-54,95H,9-36,75-79H2,1-8H3,(H2,80,96)(H,81,108)(H,82,115)(H,83,105)(H,84,109)(H,85,110)(H,86,111)(H,87,113)(H,88,112)(H,89,116)(H,90,117)(H,91,118)(H,92,114)(H,93,106)(H,94,107)(H,97,98)(H,99,100)(H,101,102)(H,103,104)(H,119,120)/t40-,41-,42-,43-,44-,45-,46-,47-,48-,49-,50-,51-,52-,53-,54-/m0/s1. The van der Waals surface area contributed by atoms with E-state index in [9.17, 15) is 127 Å². The number of amides is 15. The predicted octanol–water partition coefficient (Wildman–Crippen LogP) is -7.18. The van der Waals surface area contributed by atoms with Gasteiger partial charge in [0.1, 0.15) is 84.6 Å². The van der Waals surface area contributed by atoms with Crippen LogP contribution < -0.4 is 109 Å². The first-order chi connectivity index (χ1) is 56.2. The number of hydrogen-bond donors (Lipinski definition) is 26. The topological polar surface area (TPSA) is 787 Å². The first kappa shape index (κ1) is 109. The van der Waals surface area contributed by atoms with Crippen LogP contribution in [-0.4, -0.2) is 273 Å². The highest BCUT2D eigenvalue weighted by Crippen LogP contribution is 2.15. The fraction of sp³-hybridized carbons (Fsp3) is 0.730. The van der Waals surface area contributed by atoms with E-state index < -0.39 is 273 Å². The van der Waals surface area contributed by atoms with Gasteiger partial charge in [0.15, 0.2) is 0 Å². The Morgan fingerprint density at radius 2 is 0.492 bits per heavy atom. The second kappa shape index (κ2) is 58.9. The molecular weight excluding hydrogens is 1580 g/mol. The van der Waals surface area contributed by atoms with Crippen molar-refractivity contribution >= 4 is 118 Å². The number of carboxylic acid groups (broad SMARTS) is 5. The Kier molecular flexibility index (Phi) is 53.6. The first-order valence-corrected chi connectivity index (χ1v) is 40.1. The van der Waals surface area contributed by atoms with Gasteiger partial charge in [-0.2, -0.15) is 0 Å². The van der Waals surface area contributed by atoms with Crippen molar-refractivity contribution in [2.24, 2.45) is 52.2 Å².